The summed E-state index contributed by atoms with van der Waals surface area (Å²) in [5.41, 5.74) is 5.43. The summed E-state index contributed by atoms with van der Waals surface area (Å²) in [4.78, 5) is 0. The number of nitrogens with two attached hydrogens (primary N) is 1. The van der Waals surface area contributed by atoms with Gasteiger partial charge in [-0.25, -0.2) is 0 Å². The van der Waals surface area contributed by atoms with Crippen LogP contribution in [0, 0.1) is 5.92 Å². The Bertz CT molecular complexity index is 76.0. The molecule has 0 radical (unpaired) electrons. The highest BCUT2D eigenvalue weighted by molar-refractivity contribution is 4.49. The summed E-state index contributed by atoms with van der Waals surface area (Å²) in [5.74, 6) is 0.511. The molecule has 0 rings (SSSR count). The molecular formula is C9H21NO. The van der Waals surface area contributed by atoms with E-state index in [9.17, 15) is 0 Å². The van der Waals surface area contributed by atoms with Crippen LogP contribution in [-0.2, 0) is 4.74 Å². The van der Waals surface area contributed by atoms with Gasteiger partial charge in [0.05, 0.1) is 6.61 Å². The minimum Gasteiger partial charge on any atom is -0.381 e. The zero-order chi connectivity index (χ0) is 8.53. The van der Waals surface area contributed by atoms with E-state index in [-0.39, 0.29) is 0 Å². The van der Waals surface area contributed by atoms with Gasteiger partial charge >= 0.3 is 0 Å². The van der Waals surface area contributed by atoms with Crippen molar-refractivity contribution in [2.24, 2.45) is 11.7 Å². The first-order valence-corrected chi connectivity index (χ1v) is 4.59. The van der Waals surface area contributed by atoms with E-state index < -0.39 is 0 Å². The highest BCUT2D eigenvalue weighted by Gasteiger charge is 1.97. The molecule has 0 aromatic rings. The third-order valence-corrected chi connectivity index (χ3v) is 1.70. The monoisotopic (exact) mass is 159 g/mol. The smallest absolute Gasteiger partial charge is 0.0503 e. The van der Waals surface area contributed by atoms with E-state index in [1.807, 2.05) is 0 Å². The van der Waals surface area contributed by atoms with Crippen LogP contribution in [0.15, 0.2) is 0 Å². The first-order valence-electron chi connectivity index (χ1n) is 4.59. The summed E-state index contributed by atoms with van der Waals surface area (Å²) in [6.07, 6.45) is 3.72. The van der Waals surface area contributed by atoms with E-state index in [0.717, 1.165) is 19.8 Å². The molecule has 2 N–H and O–H groups in total. The van der Waals surface area contributed by atoms with E-state index in [4.69, 9.17) is 10.5 Å². The van der Waals surface area contributed by atoms with E-state index in [1.165, 1.54) is 19.3 Å². The normalized spacial score (nSPS) is 13.4. The van der Waals surface area contributed by atoms with Crippen molar-refractivity contribution in [3.05, 3.63) is 0 Å². The van der Waals surface area contributed by atoms with Crippen LogP contribution in [0.25, 0.3) is 0 Å². The predicted octanol–water partition coefficient (Wildman–Crippen LogP) is 1.79. The highest BCUT2D eigenvalue weighted by atomic mass is 16.5. The maximum Gasteiger partial charge on any atom is 0.0503 e. The van der Waals surface area contributed by atoms with Crippen LogP contribution in [-0.4, -0.2) is 19.8 Å². The molecule has 0 bridgehead atoms. The molecule has 0 saturated heterocycles. The summed E-state index contributed by atoms with van der Waals surface area (Å²) >= 11 is 0. The van der Waals surface area contributed by atoms with Crippen LogP contribution in [0.2, 0.25) is 0 Å². The maximum atomic E-state index is 5.43. The van der Waals surface area contributed by atoms with Crippen LogP contribution in [0.1, 0.15) is 33.1 Å². The molecule has 0 aromatic carbocycles. The number of hydrogen-bond acceptors (Lipinski definition) is 2. The standard InChI is InChI=1S/C9H21NO/c1-3-4-5-6-11-8-9(2)7-10/h9H,3-8,10H2,1-2H3. The third kappa shape index (κ3) is 7.82. The van der Waals surface area contributed by atoms with Crippen LogP contribution in [0.4, 0.5) is 0 Å². The fourth-order valence-electron chi connectivity index (χ4n) is 0.807. The van der Waals surface area contributed by atoms with Crippen LogP contribution in [0.5, 0.6) is 0 Å². The van der Waals surface area contributed by atoms with E-state index in [0.29, 0.717) is 5.92 Å². The molecule has 1 atom stereocenters. The van der Waals surface area contributed by atoms with Crippen molar-refractivity contribution < 1.29 is 4.74 Å². The zero-order valence-electron chi connectivity index (χ0n) is 7.81. The molecule has 68 valence electrons. The topological polar surface area (TPSA) is 35.2 Å². The SMILES string of the molecule is CCCCCOCC(C)CN. The van der Waals surface area contributed by atoms with Gasteiger partial charge in [0, 0.05) is 6.61 Å². The molecule has 0 heterocycles. The summed E-state index contributed by atoms with van der Waals surface area (Å²) < 4.78 is 5.41. The Hall–Kier alpha value is -0.0800. The largest absolute Gasteiger partial charge is 0.381 e. The Morgan fingerprint density at radius 3 is 2.64 bits per heavy atom. The molecule has 0 aromatic heterocycles. The van der Waals surface area contributed by atoms with Gasteiger partial charge in [0.1, 0.15) is 0 Å². The lowest BCUT2D eigenvalue weighted by atomic mass is 10.2. The molecule has 0 aliphatic rings. The quantitative estimate of drug-likeness (QED) is 0.575. The molecule has 2 nitrogen and oxygen atoms in total. The average molecular weight is 159 g/mol. The van der Waals surface area contributed by atoms with Gasteiger partial charge in [0.2, 0.25) is 0 Å². The highest BCUT2D eigenvalue weighted by Crippen LogP contribution is 1.97. The number of hydrogen-bond donors (Lipinski definition) is 1. The second-order valence-corrected chi connectivity index (χ2v) is 3.12. The Labute approximate surface area is 70.1 Å². The predicted molar refractivity (Wildman–Crippen MR) is 48.6 cm³/mol. The molecule has 0 aliphatic heterocycles. The summed E-state index contributed by atoms with van der Waals surface area (Å²) in [6, 6.07) is 0. The van der Waals surface area contributed by atoms with Crippen molar-refractivity contribution >= 4 is 0 Å². The molecule has 11 heavy (non-hydrogen) atoms. The van der Waals surface area contributed by atoms with E-state index in [1.54, 1.807) is 0 Å². The number of rotatable bonds is 7. The van der Waals surface area contributed by atoms with Crippen molar-refractivity contribution in [2.75, 3.05) is 19.8 Å². The molecule has 0 aliphatic carbocycles. The maximum absolute atomic E-state index is 5.43. The Morgan fingerprint density at radius 1 is 1.36 bits per heavy atom. The lowest BCUT2D eigenvalue weighted by molar-refractivity contribution is 0.104. The van der Waals surface area contributed by atoms with E-state index in [2.05, 4.69) is 13.8 Å². The zero-order valence-corrected chi connectivity index (χ0v) is 7.81. The van der Waals surface area contributed by atoms with Gasteiger partial charge < -0.3 is 10.5 Å². The second-order valence-electron chi connectivity index (χ2n) is 3.12. The second kappa shape index (κ2) is 8.02. The van der Waals surface area contributed by atoms with Crippen molar-refractivity contribution in [1.29, 1.82) is 0 Å². The molecule has 0 fully saturated rings. The van der Waals surface area contributed by atoms with E-state index >= 15 is 0 Å². The minimum atomic E-state index is 0.511. The van der Waals surface area contributed by atoms with Crippen LogP contribution < -0.4 is 5.73 Å². The van der Waals surface area contributed by atoms with Gasteiger partial charge in [-0.3, -0.25) is 0 Å². The van der Waals surface area contributed by atoms with Gasteiger partial charge in [0.15, 0.2) is 0 Å². The molecule has 0 spiro atoms. The van der Waals surface area contributed by atoms with Gasteiger partial charge in [0.25, 0.3) is 0 Å². The van der Waals surface area contributed by atoms with Gasteiger partial charge in [-0.1, -0.05) is 26.7 Å². The molecule has 2 heteroatoms. The van der Waals surface area contributed by atoms with Crippen molar-refractivity contribution in [3.8, 4) is 0 Å². The summed E-state index contributed by atoms with van der Waals surface area (Å²) in [7, 11) is 0. The molecule has 1 unspecified atom stereocenters. The minimum absolute atomic E-state index is 0.511. The molecule has 0 saturated carbocycles. The summed E-state index contributed by atoms with van der Waals surface area (Å²) in [6.45, 7) is 6.76. The Morgan fingerprint density at radius 2 is 2.09 bits per heavy atom. The summed E-state index contributed by atoms with van der Waals surface area (Å²) in [5, 5.41) is 0. The molecular weight excluding hydrogens is 138 g/mol. The van der Waals surface area contributed by atoms with Crippen molar-refractivity contribution in [1.82, 2.24) is 0 Å². The lowest BCUT2D eigenvalue weighted by Crippen LogP contribution is -2.16. The fourth-order valence-corrected chi connectivity index (χ4v) is 0.807. The van der Waals surface area contributed by atoms with Crippen molar-refractivity contribution in [2.45, 2.75) is 33.1 Å². The first-order chi connectivity index (χ1) is 5.31. The average Bonchev–Trinajstić information content (AvgIpc) is 2.04. The van der Waals surface area contributed by atoms with Crippen LogP contribution >= 0.6 is 0 Å². The lowest BCUT2D eigenvalue weighted by Gasteiger charge is -2.08. The van der Waals surface area contributed by atoms with Crippen molar-refractivity contribution in [3.63, 3.8) is 0 Å². The van der Waals surface area contributed by atoms with Gasteiger partial charge in [-0.2, -0.15) is 0 Å². The molecule has 0 amide bonds. The van der Waals surface area contributed by atoms with Gasteiger partial charge in [-0.05, 0) is 18.9 Å². The Balaban J connectivity index is 2.89. The number of unbranched alkanes of at least 4 members (excludes halogenated alkanes) is 2. The van der Waals surface area contributed by atoms with Gasteiger partial charge in [-0.15, -0.1) is 0 Å². The Kier molecular flexibility index (Phi) is 7.96. The number of ether oxygens (including phenoxy) is 1. The fraction of sp³-hybridized carbons (Fsp3) is 1.00. The first kappa shape index (κ1) is 10.9. The third-order valence-electron chi connectivity index (χ3n) is 1.70. The van der Waals surface area contributed by atoms with Crippen LogP contribution in [0.3, 0.4) is 0 Å².